The van der Waals surface area contributed by atoms with Gasteiger partial charge in [0.25, 0.3) is 5.69 Å². The van der Waals surface area contributed by atoms with Crippen LogP contribution in [0.5, 0.6) is 0 Å². The maximum Gasteiger partial charge on any atom is 0.287 e. The molecule has 1 aliphatic heterocycles. The van der Waals surface area contributed by atoms with Crippen molar-refractivity contribution in [3.05, 3.63) is 58.3 Å². The highest BCUT2D eigenvalue weighted by atomic mass is 32.2. The van der Waals surface area contributed by atoms with Crippen LogP contribution in [0.15, 0.2) is 47.5 Å². The zero-order chi connectivity index (χ0) is 18.6. The fourth-order valence-electron chi connectivity index (χ4n) is 2.51. The first kappa shape index (κ1) is 18.2. The van der Waals surface area contributed by atoms with Gasteiger partial charge in [0, 0.05) is 25.7 Å². The van der Waals surface area contributed by atoms with Gasteiger partial charge in [0.05, 0.1) is 23.0 Å². The highest BCUT2D eigenvalue weighted by Gasteiger charge is 2.25. The van der Waals surface area contributed by atoms with Crippen LogP contribution in [0.1, 0.15) is 5.56 Å². The number of sulfonamides is 1. The van der Waals surface area contributed by atoms with Gasteiger partial charge in [-0.2, -0.15) is 4.31 Å². The predicted molar refractivity (Wildman–Crippen MR) is 94.2 cm³/mol. The van der Waals surface area contributed by atoms with Crippen LogP contribution in [-0.4, -0.2) is 48.9 Å². The summed E-state index contributed by atoms with van der Waals surface area (Å²) in [6.45, 7) is 1.95. The lowest BCUT2D eigenvalue weighted by molar-refractivity contribution is -0.385. The summed E-state index contributed by atoms with van der Waals surface area (Å²) in [7, 11) is -3.50. The fourth-order valence-corrected chi connectivity index (χ4v) is 3.91. The van der Waals surface area contributed by atoms with E-state index in [2.05, 4.69) is 10.3 Å². The number of anilines is 1. The number of nitrogens with one attached hydrogen (secondary N) is 1. The summed E-state index contributed by atoms with van der Waals surface area (Å²) < 4.78 is 31.7. The van der Waals surface area contributed by atoms with Crippen LogP contribution in [0.4, 0.5) is 11.5 Å². The standard InChI is InChI=1S/C16H18N4O5S/c21-20(22)14-3-6-16(18-12-14)17-11-13-1-4-15(5-2-13)26(23,24)19-7-9-25-10-8-19/h1-6,12H,7-11H2,(H,17,18). The van der Waals surface area contributed by atoms with E-state index in [4.69, 9.17) is 4.74 Å². The number of aromatic nitrogens is 1. The summed E-state index contributed by atoms with van der Waals surface area (Å²) >= 11 is 0. The molecule has 0 atom stereocenters. The molecule has 9 nitrogen and oxygen atoms in total. The minimum Gasteiger partial charge on any atom is -0.379 e. The van der Waals surface area contributed by atoms with Crippen molar-refractivity contribution in [2.24, 2.45) is 0 Å². The molecule has 0 saturated carbocycles. The van der Waals surface area contributed by atoms with Crippen LogP contribution in [0.25, 0.3) is 0 Å². The van der Waals surface area contributed by atoms with Crippen molar-refractivity contribution in [2.75, 3.05) is 31.6 Å². The Morgan fingerprint density at radius 1 is 1.15 bits per heavy atom. The van der Waals surface area contributed by atoms with Crippen LogP contribution in [0.3, 0.4) is 0 Å². The second kappa shape index (κ2) is 7.77. The molecule has 1 fully saturated rings. The van der Waals surface area contributed by atoms with Crippen molar-refractivity contribution in [3.8, 4) is 0 Å². The van der Waals surface area contributed by atoms with Crippen LogP contribution in [0, 0.1) is 10.1 Å². The molecule has 0 bridgehead atoms. The zero-order valence-corrected chi connectivity index (χ0v) is 14.7. The van der Waals surface area contributed by atoms with Gasteiger partial charge in [-0.15, -0.1) is 0 Å². The van der Waals surface area contributed by atoms with Gasteiger partial charge in [-0.3, -0.25) is 10.1 Å². The van der Waals surface area contributed by atoms with E-state index in [1.807, 2.05) is 0 Å². The van der Waals surface area contributed by atoms with E-state index >= 15 is 0 Å². The number of morpholine rings is 1. The molecule has 0 amide bonds. The normalized spacial score (nSPS) is 15.5. The summed E-state index contributed by atoms with van der Waals surface area (Å²) in [6.07, 6.45) is 1.18. The SMILES string of the molecule is O=[N+]([O-])c1ccc(NCc2ccc(S(=O)(=O)N3CCOCC3)cc2)nc1. The van der Waals surface area contributed by atoms with Crippen molar-refractivity contribution >= 4 is 21.5 Å². The Morgan fingerprint density at radius 3 is 2.42 bits per heavy atom. The zero-order valence-electron chi connectivity index (χ0n) is 13.9. The molecule has 2 heterocycles. The monoisotopic (exact) mass is 378 g/mol. The maximum absolute atomic E-state index is 12.6. The molecule has 1 N–H and O–H groups in total. The van der Waals surface area contributed by atoms with Crippen molar-refractivity contribution in [1.82, 2.24) is 9.29 Å². The fraction of sp³-hybridized carbons (Fsp3) is 0.312. The summed E-state index contributed by atoms with van der Waals surface area (Å²) in [6, 6.07) is 9.50. The second-order valence-corrected chi connectivity index (χ2v) is 7.61. The van der Waals surface area contributed by atoms with Crippen molar-refractivity contribution < 1.29 is 18.1 Å². The molecule has 1 aromatic carbocycles. The molecule has 1 aromatic heterocycles. The first-order valence-corrected chi connectivity index (χ1v) is 9.42. The van der Waals surface area contributed by atoms with Gasteiger partial charge in [0.2, 0.25) is 10.0 Å². The number of hydrogen-bond acceptors (Lipinski definition) is 7. The van der Waals surface area contributed by atoms with Gasteiger partial charge in [0.1, 0.15) is 12.0 Å². The number of pyridine rings is 1. The second-order valence-electron chi connectivity index (χ2n) is 5.67. The molecule has 10 heteroatoms. The number of nitrogens with zero attached hydrogens (tertiary/aromatic N) is 3. The van der Waals surface area contributed by atoms with E-state index in [1.165, 1.54) is 22.6 Å². The average Bonchev–Trinajstić information content (AvgIpc) is 2.67. The number of benzene rings is 1. The van der Waals surface area contributed by atoms with E-state index in [0.29, 0.717) is 38.7 Å². The molecule has 0 aliphatic carbocycles. The van der Waals surface area contributed by atoms with Crippen molar-refractivity contribution in [1.29, 1.82) is 0 Å². The van der Waals surface area contributed by atoms with Crippen LogP contribution in [-0.2, 0) is 21.3 Å². The summed E-state index contributed by atoms with van der Waals surface area (Å²) in [5.74, 6) is 0.501. The number of hydrogen-bond donors (Lipinski definition) is 1. The number of nitro groups is 1. The van der Waals surface area contributed by atoms with E-state index < -0.39 is 14.9 Å². The highest BCUT2D eigenvalue weighted by Crippen LogP contribution is 2.18. The Bertz CT molecular complexity index is 863. The Morgan fingerprint density at radius 2 is 1.85 bits per heavy atom. The molecule has 26 heavy (non-hydrogen) atoms. The van der Waals surface area contributed by atoms with Gasteiger partial charge in [-0.1, -0.05) is 12.1 Å². The van der Waals surface area contributed by atoms with Gasteiger partial charge in [-0.25, -0.2) is 13.4 Å². The van der Waals surface area contributed by atoms with E-state index in [1.54, 1.807) is 24.3 Å². The maximum atomic E-state index is 12.6. The lowest BCUT2D eigenvalue weighted by Crippen LogP contribution is -2.40. The van der Waals surface area contributed by atoms with Crippen molar-refractivity contribution in [3.63, 3.8) is 0 Å². The third kappa shape index (κ3) is 4.15. The Hall–Kier alpha value is -2.56. The average molecular weight is 378 g/mol. The largest absolute Gasteiger partial charge is 0.379 e. The molecule has 2 aromatic rings. The molecule has 3 rings (SSSR count). The quantitative estimate of drug-likeness (QED) is 0.600. The Labute approximate surface area is 150 Å². The number of rotatable bonds is 6. The lowest BCUT2D eigenvalue weighted by atomic mass is 10.2. The summed E-state index contributed by atoms with van der Waals surface area (Å²) in [5.41, 5.74) is 0.791. The molecule has 138 valence electrons. The summed E-state index contributed by atoms with van der Waals surface area (Å²) in [4.78, 5) is 14.3. The van der Waals surface area contributed by atoms with Crippen LogP contribution in [0.2, 0.25) is 0 Å². The first-order valence-electron chi connectivity index (χ1n) is 7.98. The third-order valence-corrected chi connectivity index (χ3v) is 5.88. The number of ether oxygens (including phenoxy) is 1. The first-order chi connectivity index (χ1) is 12.5. The predicted octanol–water partition coefficient (Wildman–Crippen LogP) is 1.62. The molecule has 0 spiro atoms. The molecule has 1 saturated heterocycles. The molecular weight excluding hydrogens is 360 g/mol. The van der Waals surface area contributed by atoms with E-state index in [-0.39, 0.29) is 10.6 Å². The van der Waals surface area contributed by atoms with Gasteiger partial charge >= 0.3 is 0 Å². The molecule has 0 radical (unpaired) electrons. The minimum atomic E-state index is -3.50. The Kier molecular flexibility index (Phi) is 5.45. The van der Waals surface area contributed by atoms with E-state index in [9.17, 15) is 18.5 Å². The van der Waals surface area contributed by atoms with E-state index in [0.717, 1.165) is 5.56 Å². The summed E-state index contributed by atoms with van der Waals surface area (Å²) in [5, 5.41) is 13.6. The molecular formula is C16H18N4O5S. The Balaban J connectivity index is 1.63. The van der Waals surface area contributed by atoms with Gasteiger partial charge in [-0.05, 0) is 23.8 Å². The highest BCUT2D eigenvalue weighted by molar-refractivity contribution is 7.89. The van der Waals surface area contributed by atoms with Gasteiger partial charge in [0.15, 0.2) is 0 Å². The smallest absolute Gasteiger partial charge is 0.287 e. The van der Waals surface area contributed by atoms with Crippen LogP contribution >= 0.6 is 0 Å². The lowest BCUT2D eigenvalue weighted by Gasteiger charge is -2.26. The van der Waals surface area contributed by atoms with Gasteiger partial charge < -0.3 is 10.1 Å². The third-order valence-electron chi connectivity index (χ3n) is 3.96. The molecule has 0 unspecified atom stereocenters. The minimum absolute atomic E-state index is 0.0757. The topological polar surface area (TPSA) is 115 Å². The van der Waals surface area contributed by atoms with Crippen LogP contribution < -0.4 is 5.32 Å². The van der Waals surface area contributed by atoms with Crippen molar-refractivity contribution in [2.45, 2.75) is 11.4 Å². The molecule has 1 aliphatic rings.